The number of benzene rings is 1. The number of carbonyl (C=O) groups excluding carboxylic acids is 3. The van der Waals surface area contributed by atoms with Gasteiger partial charge in [-0.1, -0.05) is 43.0 Å². The number of rotatable bonds is 9. The molecule has 1 aromatic heterocycles. The highest BCUT2D eigenvalue weighted by molar-refractivity contribution is 7.13. The highest BCUT2D eigenvalue weighted by atomic mass is 32.1. The van der Waals surface area contributed by atoms with Crippen molar-refractivity contribution in [2.75, 3.05) is 13.1 Å². The summed E-state index contributed by atoms with van der Waals surface area (Å²) < 4.78 is 13.3. The molecule has 2 heterocycles. The van der Waals surface area contributed by atoms with Crippen LogP contribution >= 0.6 is 11.3 Å². The number of carbonyl (C=O) groups is 3. The van der Waals surface area contributed by atoms with Crippen LogP contribution in [-0.4, -0.2) is 41.3 Å². The van der Waals surface area contributed by atoms with Crippen LogP contribution < -0.4 is 10.6 Å². The van der Waals surface area contributed by atoms with Gasteiger partial charge in [-0.05, 0) is 24.1 Å². The van der Waals surface area contributed by atoms with Crippen molar-refractivity contribution in [3.05, 3.63) is 77.6 Å². The molecule has 1 fully saturated rings. The zero-order valence-electron chi connectivity index (χ0n) is 16.8. The van der Waals surface area contributed by atoms with E-state index in [2.05, 4.69) is 22.2 Å². The maximum absolute atomic E-state index is 13.3. The van der Waals surface area contributed by atoms with Gasteiger partial charge in [-0.25, -0.2) is 14.2 Å². The summed E-state index contributed by atoms with van der Waals surface area (Å²) in [6.07, 6.45) is 6.25. The van der Waals surface area contributed by atoms with Gasteiger partial charge in [0.1, 0.15) is 10.8 Å². The highest BCUT2D eigenvalue weighted by Gasteiger charge is 2.48. The first-order valence-electron chi connectivity index (χ1n) is 9.39. The van der Waals surface area contributed by atoms with Crippen LogP contribution in [0.15, 0.2) is 72.0 Å². The SMILES string of the molecule is C=C(/C=C\C(F)=C/C)CN(C=O)C[C@@]1(c2ccc(-c3nccs3)cc2)NC(=O)NC1=O. The van der Waals surface area contributed by atoms with Gasteiger partial charge in [0.25, 0.3) is 5.91 Å². The van der Waals surface area contributed by atoms with Crippen molar-refractivity contribution in [1.29, 1.82) is 0 Å². The average Bonchev–Trinajstić information content (AvgIpc) is 3.40. The summed E-state index contributed by atoms with van der Waals surface area (Å²) in [7, 11) is 0. The molecule has 1 aromatic carbocycles. The molecule has 31 heavy (non-hydrogen) atoms. The smallest absolute Gasteiger partial charge is 0.322 e. The van der Waals surface area contributed by atoms with Crippen LogP contribution in [0, 0.1) is 0 Å². The Morgan fingerprint density at radius 2 is 2.03 bits per heavy atom. The fourth-order valence-electron chi connectivity index (χ4n) is 3.20. The molecule has 160 valence electrons. The minimum atomic E-state index is -1.46. The first-order valence-corrected chi connectivity index (χ1v) is 10.3. The van der Waals surface area contributed by atoms with Gasteiger partial charge in [-0.2, -0.15) is 0 Å². The monoisotopic (exact) mass is 440 g/mol. The maximum Gasteiger partial charge on any atom is 0.322 e. The van der Waals surface area contributed by atoms with E-state index in [1.807, 2.05) is 5.38 Å². The van der Waals surface area contributed by atoms with Crippen LogP contribution in [-0.2, 0) is 15.1 Å². The van der Waals surface area contributed by atoms with E-state index in [1.165, 1.54) is 34.5 Å². The van der Waals surface area contributed by atoms with Gasteiger partial charge in [-0.3, -0.25) is 14.9 Å². The topological polar surface area (TPSA) is 91.4 Å². The molecule has 4 amide bonds. The Kier molecular flexibility index (Phi) is 6.76. The van der Waals surface area contributed by atoms with Crippen LogP contribution in [0.2, 0.25) is 0 Å². The number of thiazole rings is 1. The first kappa shape index (κ1) is 22.1. The molecule has 1 aliphatic rings. The number of urea groups is 1. The summed E-state index contributed by atoms with van der Waals surface area (Å²) in [5.74, 6) is -0.995. The number of hydrogen-bond donors (Lipinski definition) is 2. The minimum absolute atomic E-state index is 0.0547. The Bertz CT molecular complexity index is 1050. The van der Waals surface area contributed by atoms with E-state index in [9.17, 15) is 18.8 Å². The predicted molar refractivity (Wildman–Crippen MR) is 117 cm³/mol. The fourth-order valence-corrected chi connectivity index (χ4v) is 3.85. The second kappa shape index (κ2) is 9.48. The van der Waals surface area contributed by atoms with Crippen molar-refractivity contribution in [3.8, 4) is 10.6 Å². The molecule has 1 saturated heterocycles. The molecule has 0 aliphatic carbocycles. The van der Waals surface area contributed by atoms with E-state index < -0.39 is 23.3 Å². The Balaban J connectivity index is 1.86. The quantitative estimate of drug-likeness (QED) is 0.356. The number of hydrogen-bond acceptors (Lipinski definition) is 5. The third-order valence-electron chi connectivity index (χ3n) is 4.75. The average molecular weight is 441 g/mol. The van der Waals surface area contributed by atoms with Gasteiger partial charge in [0, 0.05) is 23.7 Å². The lowest BCUT2D eigenvalue weighted by atomic mass is 9.88. The van der Waals surface area contributed by atoms with Crippen molar-refractivity contribution in [3.63, 3.8) is 0 Å². The second-order valence-electron chi connectivity index (χ2n) is 6.90. The van der Waals surface area contributed by atoms with Gasteiger partial charge in [-0.15, -0.1) is 11.3 Å². The van der Waals surface area contributed by atoms with Crippen LogP contribution in [0.4, 0.5) is 9.18 Å². The first-order chi connectivity index (χ1) is 14.9. The molecule has 2 N–H and O–H groups in total. The number of aromatic nitrogens is 1. The number of halogens is 1. The number of amides is 4. The van der Waals surface area contributed by atoms with Crippen LogP contribution in [0.3, 0.4) is 0 Å². The Hall–Kier alpha value is -3.59. The molecule has 1 aliphatic heterocycles. The lowest BCUT2D eigenvalue weighted by molar-refractivity contribution is -0.126. The number of imide groups is 1. The second-order valence-corrected chi connectivity index (χ2v) is 7.80. The van der Waals surface area contributed by atoms with Crippen LogP contribution in [0.5, 0.6) is 0 Å². The van der Waals surface area contributed by atoms with Crippen molar-refractivity contribution in [2.45, 2.75) is 12.5 Å². The number of nitrogens with zero attached hydrogens (tertiary/aromatic N) is 2. The Morgan fingerprint density at radius 1 is 1.29 bits per heavy atom. The van der Waals surface area contributed by atoms with Crippen LogP contribution in [0.1, 0.15) is 12.5 Å². The van der Waals surface area contributed by atoms with Gasteiger partial charge in [0.2, 0.25) is 6.41 Å². The molecule has 0 bridgehead atoms. The van der Waals surface area contributed by atoms with Crippen molar-refractivity contribution in [1.82, 2.24) is 20.5 Å². The normalized spacial score (nSPS) is 18.7. The molecular formula is C22H21FN4O3S. The van der Waals surface area contributed by atoms with Gasteiger partial charge < -0.3 is 10.2 Å². The van der Waals surface area contributed by atoms with Crippen LogP contribution in [0.25, 0.3) is 10.6 Å². The predicted octanol–water partition coefficient (Wildman–Crippen LogP) is 3.29. The van der Waals surface area contributed by atoms with E-state index in [0.717, 1.165) is 10.6 Å². The Morgan fingerprint density at radius 3 is 2.58 bits per heavy atom. The standard InChI is InChI=1S/C22H21FN4O3S/c1-3-18(23)9-4-15(2)12-27(14-28)13-22(20(29)25-21(30)26-22)17-7-5-16(6-8-17)19-24-10-11-31-19/h3-11,14H,2,12-13H2,1H3,(H2,25,26,29,30)/b9-4-,18-3+/t22-/m0/s1. The van der Waals surface area contributed by atoms with E-state index in [1.54, 1.807) is 37.4 Å². The summed E-state index contributed by atoms with van der Waals surface area (Å²) in [5.41, 5.74) is 0.389. The number of nitrogens with one attached hydrogen (secondary N) is 2. The van der Waals surface area contributed by atoms with Gasteiger partial charge in [0.15, 0.2) is 5.54 Å². The van der Waals surface area contributed by atoms with E-state index in [0.29, 0.717) is 17.5 Å². The molecular weight excluding hydrogens is 419 g/mol. The zero-order valence-corrected chi connectivity index (χ0v) is 17.6. The molecule has 0 radical (unpaired) electrons. The number of allylic oxidation sites excluding steroid dienone is 3. The molecule has 0 unspecified atom stereocenters. The van der Waals surface area contributed by atoms with E-state index in [4.69, 9.17) is 0 Å². The lowest BCUT2D eigenvalue weighted by Crippen LogP contribution is -2.52. The maximum atomic E-state index is 13.3. The molecule has 9 heteroatoms. The van der Waals surface area contributed by atoms with Crippen molar-refractivity contribution in [2.24, 2.45) is 0 Å². The largest absolute Gasteiger partial charge is 0.338 e. The van der Waals surface area contributed by atoms with E-state index in [-0.39, 0.29) is 13.1 Å². The van der Waals surface area contributed by atoms with E-state index >= 15 is 0 Å². The molecule has 0 spiro atoms. The van der Waals surface area contributed by atoms with Crippen molar-refractivity contribution < 1.29 is 18.8 Å². The minimum Gasteiger partial charge on any atom is -0.338 e. The molecule has 3 rings (SSSR count). The molecule has 1 atom stereocenters. The summed E-state index contributed by atoms with van der Waals surface area (Å²) in [6.45, 7) is 5.31. The zero-order chi connectivity index (χ0) is 22.4. The molecule has 7 nitrogen and oxygen atoms in total. The fraction of sp³-hybridized carbons (Fsp3) is 0.182. The summed E-state index contributed by atoms with van der Waals surface area (Å²) in [4.78, 5) is 42.0. The van der Waals surface area contributed by atoms with Gasteiger partial charge >= 0.3 is 6.03 Å². The summed E-state index contributed by atoms with van der Waals surface area (Å²) in [6, 6.07) is 6.41. The summed E-state index contributed by atoms with van der Waals surface area (Å²) >= 11 is 1.48. The molecule has 2 aromatic rings. The Labute approximate surface area is 183 Å². The highest BCUT2D eigenvalue weighted by Crippen LogP contribution is 2.29. The third kappa shape index (κ3) is 4.95. The molecule has 0 saturated carbocycles. The third-order valence-corrected chi connectivity index (χ3v) is 5.57. The van der Waals surface area contributed by atoms with Crippen molar-refractivity contribution >= 4 is 29.7 Å². The van der Waals surface area contributed by atoms with Gasteiger partial charge in [0.05, 0.1) is 6.54 Å². The lowest BCUT2D eigenvalue weighted by Gasteiger charge is -2.31. The summed E-state index contributed by atoms with van der Waals surface area (Å²) in [5, 5.41) is 7.59.